The molecule has 7 heteroatoms. The van der Waals surface area contributed by atoms with E-state index in [2.05, 4.69) is 64.9 Å². The fourth-order valence-corrected chi connectivity index (χ4v) is 5.44. The molecule has 41 heavy (non-hydrogen) atoms. The molecule has 6 rings (SSSR count). The number of hydrogen-bond donors (Lipinski definition) is 2. The van der Waals surface area contributed by atoms with Crippen LogP contribution in [0.15, 0.2) is 97.3 Å². The molecule has 0 unspecified atom stereocenters. The molecular formula is C34H32N2O5. The molecule has 0 amide bonds. The average molecular weight is 549 g/mol. The monoisotopic (exact) mass is 548 g/mol. The van der Waals surface area contributed by atoms with Crippen molar-refractivity contribution in [3.8, 4) is 11.5 Å². The summed E-state index contributed by atoms with van der Waals surface area (Å²) in [7, 11) is 0. The number of benzene rings is 4. The zero-order chi connectivity index (χ0) is 28.3. The molecule has 0 fully saturated rings. The highest BCUT2D eigenvalue weighted by Crippen LogP contribution is 2.32. The van der Waals surface area contributed by atoms with E-state index in [9.17, 15) is 9.90 Å². The summed E-state index contributed by atoms with van der Waals surface area (Å²) in [5.41, 5.74) is 8.59. The number of aliphatic carboxylic acids is 1. The second kappa shape index (κ2) is 11.3. The van der Waals surface area contributed by atoms with Gasteiger partial charge in [0.2, 0.25) is 0 Å². The maximum Gasteiger partial charge on any atom is 0.307 e. The van der Waals surface area contributed by atoms with Gasteiger partial charge in [0.15, 0.2) is 13.5 Å². The van der Waals surface area contributed by atoms with Gasteiger partial charge in [-0.1, -0.05) is 43.0 Å². The molecule has 2 N–H and O–H groups in total. The van der Waals surface area contributed by atoms with E-state index < -0.39 is 5.97 Å². The number of anilines is 2. The first kappa shape index (κ1) is 26.3. The summed E-state index contributed by atoms with van der Waals surface area (Å²) in [6, 6.07) is 28.6. The summed E-state index contributed by atoms with van der Waals surface area (Å²) < 4.78 is 12.1. The van der Waals surface area contributed by atoms with Crippen LogP contribution in [0.1, 0.15) is 33.4 Å². The maximum atomic E-state index is 11.0. The molecule has 2 aliphatic heterocycles. The number of aliphatic hydroxyl groups excluding tert-OH is 1. The van der Waals surface area contributed by atoms with Crippen molar-refractivity contribution in [2.75, 3.05) is 23.3 Å². The van der Waals surface area contributed by atoms with Crippen molar-refractivity contribution in [2.24, 2.45) is 0 Å². The van der Waals surface area contributed by atoms with Crippen LogP contribution in [0.25, 0.3) is 0 Å². The molecule has 0 saturated heterocycles. The van der Waals surface area contributed by atoms with Crippen LogP contribution in [0.5, 0.6) is 11.5 Å². The van der Waals surface area contributed by atoms with Crippen molar-refractivity contribution in [1.29, 1.82) is 0 Å². The Morgan fingerprint density at radius 3 is 1.54 bits per heavy atom. The number of ether oxygens (including phenoxy) is 2. The summed E-state index contributed by atoms with van der Waals surface area (Å²) in [4.78, 5) is 15.3. The minimum atomic E-state index is -0.832. The van der Waals surface area contributed by atoms with Crippen molar-refractivity contribution in [3.63, 3.8) is 0 Å². The molecular weight excluding hydrogens is 516 g/mol. The van der Waals surface area contributed by atoms with E-state index in [1.54, 1.807) is 0 Å². The van der Waals surface area contributed by atoms with Crippen LogP contribution in [-0.2, 0) is 37.1 Å². The fraction of sp³-hybridized carbons (Fsp3) is 0.206. The number of fused-ring (bicyclic) bond motifs is 2. The Labute approximate surface area is 239 Å². The third-order valence-electron chi connectivity index (χ3n) is 7.50. The number of allylic oxidation sites excluding steroid dienone is 1. The number of carbonyl (C=O) groups is 1. The van der Waals surface area contributed by atoms with Gasteiger partial charge in [-0.25, -0.2) is 0 Å². The first-order chi connectivity index (χ1) is 19.9. The molecule has 0 aromatic heterocycles. The van der Waals surface area contributed by atoms with Crippen LogP contribution in [0.2, 0.25) is 0 Å². The summed E-state index contributed by atoms with van der Waals surface area (Å²) in [5, 5.41) is 18.5. The van der Waals surface area contributed by atoms with E-state index in [-0.39, 0.29) is 12.2 Å². The lowest BCUT2D eigenvalue weighted by atomic mass is 9.99. The lowest BCUT2D eigenvalue weighted by Gasteiger charge is -2.31. The van der Waals surface area contributed by atoms with Crippen molar-refractivity contribution in [3.05, 3.63) is 131 Å². The molecule has 208 valence electrons. The van der Waals surface area contributed by atoms with E-state index in [1.165, 1.54) is 11.1 Å². The van der Waals surface area contributed by atoms with E-state index in [0.717, 1.165) is 64.6 Å². The van der Waals surface area contributed by atoms with Gasteiger partial charge in [0, 0.05) is 42.0 Å². The SMILES string of the molecule is C=C(O)Cc1ccc(N2COc3ccc(Cc4ccc5c(c4)CN(c4ccc(CC(=O)O)cc4)CO5)cc3C2)cc1. The van der Waals surface area contributed by atoms with Crippen molar-refractivity contribution < 1.29 is 24.5 Å². The van der Waals surface area contributed by atoms with Gasteiger partial charge in [-0.2, -0.15) is 0 Å². The molecule has 0 saturated carbocycles. The number of aliphatic hydroxyl groups is 1. The highest BCUT2D eigenvalue weighted by atomic mass is 16.5. The second-order valence-corrected chi connectivity index (χ2v) is 10.7. The largest absolute Gasteiger partial charge is 0.513 e. The van der Waals surface area contributed by atoms with E-state index >= 15 is 0 Å². The van der Waals surface area contributed by atoms with Crippen molar-refractivity contribution in [1.82, 2.24) is 0 Å². The van der Waals surface area contributed by atoms with Crippen LogP contribution >= 0.6 is 0 Å². The Kier molecular flexibility index (Phi) is 7.25. The zero-order valence-corrected chi connectivity index (χ0v) is 22.8. The topological polar surface area (TPSA) is 82.5 Å². The van der Waals surface area contributed by atoms with Crippen molar-refractivity contribution >= 4 is 17.3 Å². The standard InChI is InChI=1S/C34H32N2O5/c1-23(37)14-24-2-8-30(9-3-24)35-19-28-16-26(6-12-32(28)40-21-35)15-27-7-13-33-29(17-27)20-36(22-41-33)31-10-4-25(5-11-31)18-34(38)39/h2-13,16-17,37H,1,14-15,18-22H2,(H,38,39). The third kappa shape index (κ3) is 6.14. The quantitative estimate of drug-likeness (QED) is 0.253. The van der Waals surface area contributed by atoms with Gasteiger partial charge >= 0.3 is 5.97 Å². The first-order valence-electron chi connectivity index (χ1n) is 13.6. The molecule has 4 aromatic carbocycles. The van der Waals surface area contributed by atoms with Crippen LogP contribution in [0, 0.1) is 0 Å². The predicted octanol–water partition coefficient (Wildman–Crippen LogP) is 6.23. The second-order valence-electron chi connectivity index (χ2n) is 10.7. The highest BCUT2D eigenvalue weighted by molar-refractivity contribution is 5.70. The minimum Gasteiger partial charge on any atom is -0.513 e. The highest BCUT2D eigenvalue weighted by Gasteiger charge is 2.20. The van der Waals surface area contributed by atoms with Gasteiger partial charge in [0.05, 0.1) is 12.2 Å². The van der Waals surface area contributed by atoms with Crippen molar-refractivity contribution in [2.45, 2.75) is 32.4 Å². The number of carboxylic acids is 1. The van der Waals surface area contributed by atoms with Gasteiger partial charge in [-0.3, -0.25) is 4.79 Å². The molecule has 0 bridgehead atoms. The normalized spacial score (nSPS) is 14.0. The number of rotatable bonds is 8. The molecule has 0 aliphatic carbocycles. The summed E-state index contributed by atoms with van der Waals surface area (Å²) >= 11 is 0. The van der Waals surface area contributed by atoms with E-state index in [1.807, 2.05) is 36.4 Å². The smallest absolute Gasteiger partial charge is 0.307 e. The van der Waals surface area contributed by atoms with Gasteiger partial charge in [-0.15, -0.1) is 0 Å². The lowest BCUT2D eigenvalue weighted by Crippen LogP contribution is -2.32. The van der Waals surface area contributed by atoms with Crippen LogP contribution in [0.3, 0.4) is 0 Å². The summed E-state index contributed by atoms with van der Waals surface area (Å²) in [6.07, 6.45) is 1.27. The zero-order valence-electron chi connectivity index (χ0n) is 22.8. The summed E-state index contributed by atoms with van der Waals surface area (Å²) in [5.74, 6) is 1.15. The van der Waals surface area contributed by atoms with Gasteiger partial charge in [-0.05, 0) is 77.2 Å². The van der Waals surface area contributed by atoms with Gasteiger partial charge in [0.1, 0.15) is 11.5 Å². The number of hydrogen-bond acceptors (Lipinski definition) is 6. The Morgan fingerprint density at radius 2 is 1.10 bits per heavy atom. The predicted molar refractivity (Wildman–Crippen MR) is 159 cm³/mol. The van der Waals surface area contributed by atoms with Crippen LogP contribution < -0.4 is 19.3 Å². The number of nitrogens with zero attached hydrogens (tertiary/aromatic N) is 2. The Bertz CT molecular complexity index is 1460. The lowest BCUT2D eigenvalue weighted by molar-refractivity contribution is -0.136. The molecule has 2 aliphatic rings. The Hall–Kier alpha value is -4.91. The summed E-state index contributed by atoms with van der Waals surface area (Å²) in [6.45, 7) is 5.99. The molecule has 4 aromatic rings. The van der Waals surface area contributed by atoms with Gasteiger partial charge < -0.3 is 29.5 Å². The first-order valence-corrected chi connectivity index (χ1v) is 13.6. The minimum absolute atomic E-state index is 0.0190. The molecule has 2 heterocycles. The van der Waals surface area contributed by atoms with Gasteiger partial charge in [0.25, 0.3) is 0 Å². The van der Waals surface area contributed by atoms with Crippen LogP contribution in [0.4, 0.5) is 11.4 Å². The van der Waals surface area contributed by atoms with E-state index in [0.29, 0.717) is 19.9 Å². The average Bonchev–Trinajstić information content (AvgIpc) is 2.97. The molecule has 7 nitrogen and oxygen atoms in total. The fourth-order valence-electron chi connectivity index (χ4n) is 5.44. The number of carboxylic acid groups (broad SMARTS) is 1. The molecule has 0 atom stereocenters. The Morgan fingerprint density at radius 1 is 0.659 bits per heavy atom. The molecule has 0 spiro atoms. The molecule has 0 radical (unpaired) electrons. The van der Waals surface area contributed by atoms with Crippen LogP contribution in [-0.4, -0.2) is 29.6 Å². The maximum absolute atomic E-state index is 11.0. The Balaban J connectivity index is 1.13. The third-order valence-corrected chi connectivity index (χ3v) is 7.50. The van der Waals surface area contributed by atoms with E-state index in [4.69, 9.17) is 14.6 Å².